The minimum atomic E-state index is -0.371. The summed E-state index contributed by atoms with van der Waals surface area (Å²) in [5.41, 5.74) is 0.905. The number of rotatable bonds is 6. The molecule has 2 aromatic carbocycles. The molecule has 25 heavy (non-hydrogen) atoms. The van der Waals surface area contributed by atoms with Gasteiger partial charge in [-0.3, -0.25) is 4.79 Å². The van der Waals surface area contributed by atoms with Gasteiger partial charge >= 0.3 is 0 Å². The first kappa shape index (κ1) is 17.3. The quantitative estimate of drug-likeness (QED) is 0.615. The molecule has 0 aliphatic heterocycles. The van der Waals surface area contributed by atoms with Crippen molar-refractivity contribution in [2.75, 3.05) is 18.4 Å². The van der Waals surface area contributed by atoms with Gasteiger partial charge in [0.05, 0.1) is 0 Å². The molecule has 7 heteroatoms. The molecule has 0 atom stereocenters. The van der Waals surface area contributed by atoms with E-state index in [2.05, 4.69) is 36.5 Å². The number of hydrogen-bond donors (Lipinski definition) is 2. The molecule has 1 aromatic heterocycles. The highest BCUT2D eigenvalue weighted by Gasteiger charge is 2.07. The van der Waals surface area contributed by atoms with Crippen LogP contribution < -0.4 is 10.6 Å². The molecular weight excluding hydrogens is 387 g/mol. The molecule has 0 saturated heterocycles. The van der Waals surface area contributed by atoms with Gasteiger partial charge in [-0.25, -0.2) is 14.4 Å². The van der Waals surface area contributed by atoms with E-state index in [-0.39, 0.29) is 11.7 Å². The summed E-state index contributed by atoms with van der Waals surface area (Å²) in [7, 11) is 0. The lowest BCUT2D eigenvalue weighted by Crippen LogP contribution is -2.25. The lowest BCUT2D eigenvalue weighted by molar-refractivity contribution is 0.0953. The van der Waals surface area contributed by atoms with E-state index in [4.69, 9.17) is 0 Å². The van der Waals surface area contributed by atoms with Crippen LogP contribution in [0, 0.1) is 5.82 Å². The van der Waals surface area contributed by atoms with Crippen LogP contribution in [0.15, 0.2) is 53.3 Å². The average molecular weight is 403 g/mol. The number of nitrogens with one attached hydrogen (secondary N) is 2. The van der Waals surface area contributed by atoms with Gasteiger partial charge < -0.3 is 10.6 Å². The van der Waals surface area contributed by atoms with Gasteiger partial charge in [0.25, 0.3) is 5.91 Å². The number of benzene rings is 2. The summed E-state index contributed by atoms with van der Waals surface area (Å²) in [5.74, 6) is 0.0999. The minimum Gasteiger partial charge on any atom is -0.369 e. The number of hydrogen-bond acceptors (Lipinski definition) is 4. The highest BCUT2D eigenvalue weighted by atomic mass is 79.9. The number of fused-ring (bicyclic) bond motifs is 1. The zero-order chi connectivity index (χ0) is 17.6. The SMILES string of the molecule is O=C(NCCCNc1ncnc2c(F)cccc12)c1cccc(Br)c1. The van der Waals surface area contributed by atoms with E-state index in [1.165, 1.54) is 12.4 Å². The molecule has 0 radical (unpaired) electrons. The van der Waals surface area contributed by atoms with Crippen LogP contribution >= 0.6 is 15.9 Å². The van der Waals surface area contributed by atoms with E-state index >= 15 is 0 Å². The number of carbonyl (C=O) groups is 1. The van der Waals surface area contributed by atoms with Gasteiger partial charge in [-0.1, -0.05) is 28.1 Å². The summed E-state index contributed by atoms with van der Waals surface area (Å²) < 4.78 is 14.6. The van der Waals surface area contributed by atoms with Crippen LogP contribution in [-0.2, 0) is 0 Å². The largest absolute Gasteiger partial charge is 0.369 e. The topological polar surface area (TPSA) is 66.9 Å². The van der Waals surface area contributed by atoms with Gasteiger partial charge in [0.1, 0.15) is 23.5 Å². The van der Waals surface area contributed by atoms with Crippen molar-refractivity contribution >= 4 is 38.6 Å². The highest BCUT2D eigenvalue weighted by molar-refractivity contribution is 9.10. The third-order valence-corrected chi connectivity index (χ3v) is 4.13. The maximum absolute atomic E-state index is 13.7. The molecule has 0 bridgehead atoms. The van der Waals surface area contributed by atoms with Crippen molar-refractivity contribution in [3.63, 3.8) is 0 Å². The van der Waals surface area contributed by atoms with E-state index in [0.29, 0.717) is 41.8 Å². The fourth-order valence-electron chi connectivity index (χ4n) is 2.42. The second-order valence-corrected chi connectivity index (χ2v) is 6.32. The molecule has 0 aliphatic carbocycles. The van der Waals surface area contributed by atoms with Crippen LogP contribution in [0.25, 0.3) is 10.9 Å². The van der Waals surface area contributed by atoms with E-state index < -0.39 is 0 Å². The Hall–Kier alpha value is -2.54. The van der Waals surface area contributed by atoms with Gasteiger partial charge in [0.15, 0.2) is 0 Å². The lowest BCUT2D eigenvalue weighted by atomic mass is 10.2. The molecule has 0 unspecified atom stereocenters. The maximum atomic E-state index is 13.7. The number of carbonyl (C=O) groups excluding carboxylic acids is 1. The Morgan fingerprint density at radius 1 is 1.12 bits per heavy atom. The van der Waals surface area contributed by atoms with Crippen molar-refractivity contribution in [2.45, 2.75) is 6.42 Å². The van der Waals surface area contributed by atoms with E-state index in [1.54, 1.807) is 24.3 Å². The van der Waals surface area contributed by atoms with Crippen LogP contribution in [0.2, 0.25) is 0 Å². The van der Waals surface area contributed by atoms with E-state index in [9.17, 15) is 9.18 Å². The van der Waals surface area contributed by atoms with Crippen LogP contribution in [-0.4, -0.2) is 29.0 Å². The number of para-hydroxylation sites is 1. The van der Waals surface area contributed by atoms with Crippen LogP contribution in [0.5, 0.6) is 0 Å². The van der Waals surface area contributed by atoms with Crippen molar-refractivity contribution in [3.05, 3.63) is 64.6 Å². The second-order valence-electron chi connectivity index (χ2n) is 5.40. The zero-order valence-corrected chi connectivity index (χ0v) is 14.9. The molecule has 0 saturated carbocycles. The molecule has 1 heterocycles. The molecule has 3 aromatic rings. The first-order valence-corrected chi connectivity index (χ1v) is 8.61. The number of anilines is 1. The number of aromatic nitrogens is 2. The van der Waals surface area contributed by atoms with Crippen molar-refractivity contribution in [1.29, 1.82) is 0 Å². The Bertz CT molecular complexity index is 903. The summed E-state index contributed by atoms with van der Waals surface area (Å²) in [6.07, 6.45) is 2.04. The van der Waals surface area contributed by atoms with Gasteiger partial charge in [0.2, 0.25) is 0 Å². The monoisotopic (exact) mass is 402 g/mol. The summed E-state index contributed by atoms with van der Waals surface area (Å²) in [4.78, 5) is 20.1. The van der Waals surface area contributed by atoms with Crippen molar-refractivity contribution in [2.24, 2.45) is 0 Å². The van der Waals surface area contributed by atoms with Crippen LogP contribution in [0.4, 0.5) is 10.2 Å². The second kappa shape index (κ2) is 8.02. The van der Waals surface area contributed by atoms with Gasteiger partial charge in [-0.2, -0.15) is 0 Å². The first-order chi connectivity index (χ1) is 12.1. The third kappa shape index (κ3) is 4.30. The predicted octanol–water partition coefficient (Wildman–Crippen LogP) is 3.76. The molecule has 128 valence electrons. The number of halogens is 2. The van der Waals surface area contributed by atoms with Crippen LogP contribution in [0.1, 0.15) is 16.8 Å². The minimum absolute atomic E-state index is 0.115. The van der Waals surface area contributed by atoms with Crippen LogP contribution in [0.3, 0.4) is 0 Å². The van der Waals surface area contributed by atoms with Crippen molar-refractivity contribution in [3.8, 4) is 0 Å². The molecule has 0 aliphatic rings. The van der Waals surface area contributed by atoms with Crippen molar-refractivity contribution < 1.29 is 9.18 Å². The standard InChI is InChI=1S/C18H16BrFN4O/c19-13-5-1-4-12(10-13)18(25)22-9-3-8-21-17-14-6-2-7-15(20)16(14)23-11-24-17/h1-2,4-7,10-11H,3,8-9H2,(H,22,25)(H,21,23,24). The first-order valence-electron chi connectivity index (χ1n) is 7.82. The third-order valence-electron chi connectivity index (χ3n) is 3.63. The molecule has 5 nitrogen and oxygen atoms in total. The number of nitrogens with zero attached hydrogens (tertiary/aromatic N) is 2. The summed E-state index contributed by atoms with van der Waals surface area (Å²) in [6, 6.07) is 12.0. The lowest BCUT2D eigenvalue weighted by Gasteiger charge is -2.09. The predicted molar refractivity (Wildman–Crippen MR) is 99.1 cm³/mol. The smallest absolute Gasteiger partial charge is 0.251 e. The van der Waals surface area contributed by atoms with E-state index in [0.717, 1.165) is 4.47 Å². The Balaban J connectivity index is 1.51. The van der Waals surface area contributed by atoms with Crippen molar-refractivity contribution in [1.82, 2.24) is 15.3 Å². The fourth-order valence-corrected chi connectivity index (χ4v) is 2.82. The molecule has 1 amide bonds. The maximum Gasteiger partial charge on any atom is 0.251 e. The summed E-state index contributed by atoms with van der Waals surface area (Å²) >= 11 is 3.35. The highest BCUT2D eigenvalue weighted by Crippen LogP contribution is 2.20. The number of amides is 1. The summed E-state index contributed by atoms with van der Waals surface area (Å²) in [5, 5.41) is 6.67. The molecule has 2 N–H and O–H groups in total. The Kier molecular flexibility index (Phi) is 5.55. The zero-order valence-electron chi connectivity index (χ0n) is 13.3. The van der Waals surface area contributed by atoms with Gasteiger partial charge in [-0.05, 0) is 36.8 Å². The van der Waals surface area contributed by atoms with Gasteiger partial charge in [-0.15, -0.1) is 0 Å². The Morgan fingerprint density at radius 3 is 2.80 bits per heavy atom. The Morgan fingerprint density at radius 2 is 1.96 bits per heavy atom. The fraction of sp³-hybridized carbons (Fsp3) is 0.167. The Labute approximate surface area is 152 Å². The average Bonchev–Trinajstić information content (AvgIpc) is 2.62. The molecule has 0 fully saturated rings. The van der Waals surface area contributed by atoms with E-state index in [1.807, 2.05) is 12.1 Å². The molecule has 0 spiro atoms. The summed E-state index contributed by atoms with van der Waals surface area (Å²) in [6.45, 7) is 1.12. The molecule has 3 rings (SSSR count). The normalized spacial score (nSPS) is 10.6. The molecular formula is C18H16BrFN4O. The van der Waals surface area contributed by atoms with Gasteiger partial charge in [0, 0.05) is 28.5 Å².